The van der Waals surface area contributed by atoms with E-state index in [4.69, 9.17) is 4.74 Å². The van der Waals surface area contributed by atoms with Gasteiger partial charge in [-0.15, -0.1) is 0 Å². The maximum atomic E-state index is 13.7. The van der Waals surface area contributed by atoms with Crippen LogP contribution in [0.25, 0.3) is 0 Å². The topological polar surface area (TPSA) is 105 Å². The third kappa shape index (κ3) is 9.55. The molecule has 41 heavy (non-hydrogen) atoms. The number of ether oxygens (including phenoxy) is 1. The molecule has 8 nitrogen and oxygen atoms in total. The molecule has 3 amide bonds. The normalized spacial score (nSPS) is 15.3. The van der Waals surface area contributed by atoms with Crippen LogP contribution in [0.4, 0.5) is 4.79 Å². The fraction of sp³-hybridized carbons (Fsp3) is 0.290. The van der Waals surface area contributed by atoms with Crippen molar-refractivity contribution >= 4 is 37.7 Å². The molecular weight excluding hydrogens is 606 g/mol. The third-order valence-corrected chi connectivity index (χ3v) is 8.72. The van der Waals surface area contributed by atoms with Gasteiger partial charge in [-0.2, -0.15) is 0 Å². The van der Waals surface area contributed by atoms with Crippen molar-refractivity contribution in [2.24, 2.45) is 0 Å². The Hall–Kier alpha value is -3.47. The van der Waals surface area contributed by atoms with Crippen LogP contribution in [0.3, 0.4) is 0 Å². The molecule has 3 aromatic carbocycles. The average Bonchev–Trinajstić information content (AvgIpc) is 3.00. The standard InChI is InChI=1S/C31H34BrN3O5S/c32-26-12-15-28(16-13-26)41(38,39)22-17-27(14-11-24-7-3-1-4-8-24)33-30(36)29(23-25-9-5-2-6-10-25)34-31(37)35-18-20-40-21-19-35/h1-10,12-13,15-17,22,27,29H,11,14,18-21,23H2,(H,33,36)(H,34,37)/b22-17+/t27-,29?/m0/s1. The van der Waals surface area contributed by atoms with Gasteiger partial charge in [-0.3, -0.25) is 4.79 Å². The summed E-state index contributed by atoms with van der Waals surface area (Å²) in [5.74, 6) is -0.390. The van der Waals surface area contributed by atoms with Gasteiger partial charge in [-0.25, -0.2) is 13.2 Å². The van der Waals surface area contributed by atoms with Gasteiger partial charge in [0.2, 0.25) is 5.91 Å². The fourth-order valence-corrected chi connectivity index (χ4v) is 5.77. The molecule has 1 unspecified atom stereocenters. The number of hydrogen-bond donors (Lipinski definition) is 2. The summed E-state index contributed by atoms with van der Waals surface area (Å²) in [5, 5.41) is 7.03. The quantitative estimate of drug-likeness (QED) is 0.321. The Bertz CT molecular complexity index is 1410. The molecule has 0 aliphatic carbocycles. The number of benzene rings is 3. The van der Waals surface area contributed by atoms with Crippen LogP contribution < -0.4 is 10.6 Å². The number of aryl methyl sites for hydroxylation is 1. The summed E-state index contributed by atoms with van der Waals surface area (Å²) in [5.41, 5.74) is 1.96. The molecule has 216 valence electrons. The minimum Gasteiger partial charge on any atom is -0.378 e. The van der Waals surface area contributed by atoms with Crippen molar-refractivity contribution in [2.45, 2.75) is 36.2 Å². The predicted molar refractivity (Wildman–Crippen MR) is 162 cm³/mol. The maximum absolute atomic E-state index is 13.7. The Morgan fingerprint density at radius 3 is 2.12 bits per heavy atom. The zero-order valence-corrected chi connectivity index (χ0v) is 25.0. The Balaban J connectivity index is 1.53. The van der Waals surface area contributed by atoms with E-state index in [1.165, 1.54) is 18.2 Å². The smallest absolute Gasteiger partial charge is 0.318 e. The van der Waals surface area contributed by atoms with Crippen LogP contribution >= 0.6 is 15.9 Å². The van der Waals surface area contributed by atoms with E-state index in [1.807, 2.05) is 60.7 Å². The fourth-order valence-electron chi connectivity index (χ4n) is 4.43. The van der Waals surface area contributed by atoms with Crippen LogP contribution in [-0.4, -0.2) is 63.6 Å². The summed E-state index contributed by atoms with van der Waals surface area (Å²) in [7, 11) is -3.73. The lowest BCUT2D eigenvalue weighted by atomic mass is 10.0. The summed E-state index contributed by atoms with van der Waals surface area (Å²) < 4.78 is 32.2. The van der Waals surface area contributed by atoms with Crippen LogP contribution in [-0.2, 0) is 32.2 Å². The van der Waals surface area contributed by atoms with Crippen molar-refractivity contribution in [3.63, 3.8) is 0 Å². The SMILES string of the molecule is O=C(N[C@H](/C=C/S(=O)(=O)c1ccc(Br)cc1)CCc1ccccc1)C(Cc1ccccc1)NC(=O)N1CCOCC1. The van der Waals surface area contributed by atoms with E-state index >= 15 is 0 Å². The van der Waals surface area contributed by atoms with E-state index in [1.54, 1.807) is 17.0 Å². The second-order valence-electron chi connectivity index (χ2n) is 9.76. The molecule has 1 aliphatic rings. The predicted octanol–water partition coefficient (Wildman–Crippen LogP) is 4.51. The molecular formula is C31H34BrN3O5S. The average molecular weight is 641 g/mol. The largest absolute Gasteiger partial charge is 0.378 e. The van der Waals surface area contributed by atoms with E-state index in [0.717, 1.165) is 21.0 Å². The number of urea groups is 1. The lowest BCUT2D eigenvalue weighted by Crippen LogP contribution is -2.55. The molecule has 0 aromatic heterocycles. The number of nitrogens with one attached hydrogen (secondary N) is 2. The minimum absolute atomic E-state index is 0.157. The van der Waals surface area contributed by atoms with E-state index < -0.39 is 21.9 Å². The van der Waals surface area contributed by atoms with Gasteiger partial charge in [0.05, 0.1) is 18.1 Å². The van der Waals surface area contributed by atoms with Gasteiger partial charge in [-0.05, 0) is 48.2 Å². The minimum atomic E-state index is -3.73. The van der Waals surface area contributed by atoms with Crippen molar-refractivity contribution < 1.29 is 22.7 Å². The first-order valence-electron chi connectivity index (χ1n) is 13.5. The Morgan fingerprint density at radius 2 is 1.49 bits per heavy atom. The molecule has 0 radical (unpaired) electrons. The van der Waals surface area contributed by atoms with Crippen molar-refractivity contribution in [3.8, 4) is 0 Å². The monoisotopic (exact) mass is 639 g/mol. The zero-order chi connectivity index (χ0) is 29.1. The molecule has 2 atom stereocenters. The van der Waals surface area contributed by atoms with Crippen LogP contribution in [0, 0.1) is 0 Å². The van der Waals surface area contributed by atoms with E-state index in [2.05, 4.69) is 26.6 Å². The van der Waals surface area contributed by atoms with Gasteiger partial charge in [0.1, 0.15) is 6.04 Å². The van der Waals surface area contributed by atoms with Gasteiger partial charge in [0.25, 0.3) is 0 Å². The van der Waals surface area contributed by atoms with Crippen LogP contribution in [0.5, 0.6) is 0 Å². The van der Waals surface area contributed by atoms with E-state index in [0.29, 0.717) is 39.1 Å². The summed E-state index contributed by atoms with van der Waals surface area (Å²) >= 11 is 3.32. The lowest BCUT2D eigenvalue weighted by Gasteiger charge is -2.29. The molecule has 0 saturated carbocycles. The van der Waals surface area contributed by atoms with E-state index in [9.17, 15) is 18.0 Å². The second kappa shape index (κ2) is 15.0. The number of nitrogens with zero attached hydrogens (tertiary/aromatic N) is 1. The van der Waals surface area contributed by atoms with Gasteiger partial charge in [0, 0.05) is 35.4 Å². The van der Waals surface area contributed by atoms with Crippen LogP contribution in [0.2, 0.25) is 0 Å². The highest BCUT2D eigenvalue weighted by molar-refractivity contribution is 9.10. The van der Waals surface area contributed by atoms with Gasteiger partial charge < -0.3 is 20.3 Å². The van der Waals surface area contributed by atoms with Crippen molar-refractivity contribution in [1.82, 2.24) is 15.5 Å². The summed E-state index contributed by atoms with van der Waals surface area (Å²) in [6.07, 6.45) is 2.90. The van der Waals surface area contributed by atoms with Crippen molar-refractivity contribution in [2.75, 3.05) is 26.3 Å². The van der Waals surface area contributed by atoms with Gasteiger partial charge in [0.15, 0.2) is 9.84 Å². The Kier molecular flexibility index (Phi) is 11.1. The molecule has 2 N–H and O–H groups in total. The molecule has 0 bridgehead atoms. The Labute approximate surface area is 249 Å². The molecule has 4 rings (SSSR count). The zero-order valence-electron chi connectivity index (χ0n) is 22.6. The lowest BCUT2D eigenvalue weighted by molar-refractivity contribution is -0.123. The molecule has 0 spiro atoms. The van der Waals surface area contributed by atoms with Crippen LogP contribution in [0.15, 0.2) is 106 Å². The summed E-state index contributed by atoms with van der Waals surface area (Å²) in [6, 6.07) is 23.8. The molecule has 1 saturated heterocycles. The van der Waals surface area contributed by atoms with Gasteiger partial charge >= 0.3 is 6.03 Å². The van der Waals surface area contributed by atoms with Crippen molar-refractivity contribution in [1.29, 1.82) is 0 Å². The number of amides is 3. The van der Waals surface area contributed by atoms with E-state index in [-0.39, 0.29) is 23.3 Å². The molecule has 1 aliphatic heterocycles. The summed E-state index contributed by atoms with van der Waals surface area (Å²) in [6.45, 7) is 1.79. The molecule has 3 aromatic rings. The number of sulfone groups is 1. The molecule has 1 heterocycles. The highest BCUT2D eigenvalue weighted by Gasteiger charge is 2.26. The first-order chi connectivity index (χ1) is 19.8. The molecule has 10 heteroatoms. The van der Waals surface area contributed by atoms with Crippen LogP contribution in [0.1, 0.15) is 17.5 Å². The maximum Gasteiger partial charge on any atom is 0.318 e. The summed E-state index contributed by atoms with van der Waals surface area (Å²) in [4.78, 5) is 28.5. The van der Waals surface area contributed by atoms with Crippen molar-refractivity contribution in [3.05, 3.63) is 112 Å². The Morgan fingerprint density at radius 1 is 0.878 bits per heavy atom. The number of hydrogen-bond acceptors (Lipinski definition) is 5. The molecule has 1 fully saturated rings. The highest BCUT2D eigenvalue weighted by atomic mass is 79.9. The number of morpholine rings is 1. The second-order valence-corrected chi connectivity index (χ2v) is 12.5. The third-order valence-electron chi connectivity index (χ3n) is 6.74. The first kappa shape index (κ1) is 30.5. The van der Waals surface area contributed by atoms with Gasteiger partial charge in [-0.1, -0.05) is 82.7 Å². The number of rotatable bonds is 11. The number of carbonyl (C=O) groups excluding carboxylic acids is 2. The number of halogens is 1. The first-order valence-corrected chi connectivity index (χ1v) is 15.8. The highest BCUT2D eigenvalue weighted by Crippen LogP contribution is 2.17. The number of carbonyl (C=O) groups is 2.